The van der Waals surface area contributed by atoms with Gasteiger partial charge in [0.2, 0.25) is 10.0 Å². The van der Waals surface area contributed by atoms with Gasteiger partial charge >= 0.3 is 5.97 Å². The Balaban J connectivity index is 1.84. The van der Waals surface area contributed by atoms with Gasteiger partial charge in [0.15, 0.2) is 0 Å². The molecule has 0 bridgehead atoms. The van der Waals surface area contributed by atoms with Gasteiger partial charge in [0.05, 0.1) is 21.5 Å². The van der Waals surface area contributed by atoms with Crippen LogP contribution in [-0.4, -0.2) is 29.9 Å². The molecule has 1 aromatic heterocycles. The van der Waals surface area contributed by atoms with E-state index < -0.39 is 21.5 Å². The standard InChI is InChI=1S/C21H22ClN3O5S/c1-12-6-5-7-14-18(12)23-17(24-19(14)26)11-30-20(27)13-8-9-15(22)16(10-13)31(28,29)25-21(2,3)4/h5-10,25H,11H2,1-4H3,(H,23,24,26). The number of sulfonamides is 1. The average molecular weight is 464 g/mol. The van der Waals surface area contributed by atoms with Crippen molar-refractivity contribution in [3.63, 3.8) is 0 Å². The van der Waals surface area contributed by atoms with Crippen LogP contribution < -0.4 is 10.3 Å². The van der Waals surface area contributed by atoms with E-state index in [1.807, 2.05) is 13.0 Å². The third-order valence-corrected chi connectivity index (χ3v) is 6.46. The van der Waals surface area contributed by atoms with E-state index in [1.54, 1.807) is 32.9 Å². The first-order valence-electron chi connectivity index (χ1n) is 9.36. The topological polar surface area (TPSA) is 118 Å². The van der Waals surface area contributed by atoms with Crippen LogP contribution in [0, 0.1) is 6.92 Å². The molecule has 31 heavy (non-hydrogen) atoms. The zero-order chi connectivity index (χ0) is 23.0. The molecular formula is C21H22ClN3O5S. The second kappa shape index (κ2) is 8.41. The number of ether oxygens (including phenoxy) is 1. The van der Waals surface area contributed by atoms with Crippen molar-refractivity contribution >= 4 is 38.5 Å². The summed E-state index contributed by atoms with van der Waals surface area (Å²) in [4.78, 5) is 31.5. The van der Waals surface area contributed by atoms with Gasteiger partial charge in [-0.05, 0) is 57.5 Å². The van der Waals surface area contributed by atoms with Crippen molar-refractivity contribution in [2.75, 3.05) is 0 Å². The zero-order valence-electron chi connectivity index (χ0n) is 17.4. The Kier molecular flexibility index (Phi) is 6.22. The van der Waals surface area contributed by atoms with Crippen LogP contribution in [0.4, 0.5) is 0 Å². The summed E-state index contributed by atoms with van der Waals surface area (Å²) in [6, 6.07) is 9.07. The number of benzene rings is 2. The maximum absolute atomic E-state index is 12.6. The number of aromatic nitrogens is 2. The molecule has 0 radical (unpaired) electrons. The highest BCUT2D eigenvalue weighted by Crippen LogP contribution is 2.24. The van der Waals surface area contributed by atoms with Gasteiger partial charge < -0.3 is 9.72 Å². The van der Waals surface area contributed by atoms with Crippen LogP contribution in [0.25, 0.3) is 10.9 Å². The number of para-hydroxylation sites is 1. The van der Waals surface area contributed by atoms with Crippen LogP contribution in [0.5, 0.6) is 0 Å². The number of rotatable bonds is 5. The van der Waals surface area contributed by atoms with Gasteiger partial charge in [0.1, 0.15) is 17.3 Å². The van der Waals surface area contributed by atoms with Gasteiger partial charge in [-0.2, -0.15) is 0 Å². The monoisotopic (exact) mass is 463 g/mol. The van der Waals surface area contributed by atoms with Crippen LogP contribution >= 0.6 is 11.6 Å². The van der Waals surface area contributed by atoms with Crippen LogP contribution in [0.3, 0.4) is 0 Å². The minimum Gasteiger partial charge on any atom is -0.454 e. The van der Waals surface area contributed by atoms with Crippen LogP contribution in [0.1, 0.15) is 42.5 Å². The molecule has 8 nitrogen and oxygen atoms in total. The maximum atomic E-state index is 12.6. The minimum absolute atomic E-state index is 0.00185. The van der Waals surface area contributed by atoms with Gasteiger partial charge in [0.25, 0.3) is 5.56 Å². The Morgan fingerprint density at radius 1 is 1.23 bits per heavy atom. The average Bonchev–Trinajstić information content (AvgIpc) is 2.65. The fourth-order valence-corrected chi connectivity index (χ4v) is 4.88. The first-order valence-corrected chi connectivity index (χ1v) is 11.2. The number of aryl methyl sites for hydroxylation is 1. The number of aromatic amines is 1. The summed E-state index contributed by atoms with van der Waals surface area (Å²) in [5, 5.41) is 0.415. The van der Waals surface area contributed by atoms with Crippen LogP contribution in [0.2, 0.25) is 5.02 Å². The Hall–Kier alpha value is -2.75. The molecule has 10 heteroatoms. The summed E-state index contributed by atoms with van der Waals surface area (Å²) in [5.41, 5.74) is 0.260. The minimum atomic E-state index is -3.96. The molecule has 164 valence electrons. The number of hydrogen-bond donors (Lipinski definition) is 2. The molecule has 3 aromatic rings. The van der Waals surface area contributed by atoms with E-state index in [0.717, 1.165) is 11.6 Å². The molecule has 3 rings (SSSR count). The summed E-state index contributed by atoms with van der Waals surface area (Å²) in [6.45, 7) is 6.61. The molecule has 0 saturated carbocycles. The Labute approximate surface area is 184 Å². The summed E-state index contributed by atoms with van der Waals surface area (Å²) in [7, 11) is -3.96. The summed E-state index contributed by atoms with van der Waals surface area (Å²) >= 11 is 6.05. The highest BCUT2D eigenvalue weighted by atomic mass is 35.5. The molecule has 0 unspecified atom stereocenters. The molecule has 2 N–H and O–H groups in total. The molecule has 0 saturated heterocycles. The molecule has 0 spiro atoms. The number of nitrogens with one attached hydrogen (secondary N) is 2. The number of carbonyl (C=O) groups is 1. The Morgan fingerprint density at radius 3 is 2.61 bits per heavy atom. The summed E-state index contributed by atoms with van der Waals surface area (Å²) < 4.78 is 33.0. The van der Waals surface area contributed by atoms with Gasteiger partial charge in [-0.3, -0.25) is 4.79 Å². The second-order valence-corrected chi connectivity index (χ2v) is 10.1. The van der Waals surface area contributed by atoms with Crippen molar-refractivity contribution < 1.29 is 17.9 Å². The lowest BCUT2D eigenvalue weighted by Crippen LogP contribution is -2.40. The lowest BCUT2D eigenvalue weighted by atomic mass is 10.1. The van der Waals surface area contributed by atoms with E-state index in [-0.39, 0.29) is 33.5 Å². The summed E-state index contributed by atoms with van der Waals surface area (Å²) in [5.74, 6) is -0.604. The van der Waals surface area contributed by atoms with E-state index in [2.05, 4.69) is 14.7 Å². The number of carbonyl (C=O) groups excluding carboxylic acids is 1. The largest absolute Gasteiger partial charge is 0.454 e. The molecule has 0 aliphatic carbocycles. The van der Waals surface area contributed by atoms with Crippen molar-refractivity contribution in [2.24, 2.45) is 0 Å². The lowest BCUT2D eigenvalue weighted by molar-refractivity contribution is 0.0462. The molecule has 0 fully saturated rings. The van der Waals surface area contributed by atoms with Gasteiger partial charge in [-0.25, -0.2) is 22.9 Å². The first kappa shape index (κ1) is 22.9. The molecule has 0 amide bonds. The summed E-state index contributed by atoms with van der Waals surface area (Å²) in [6.07, 6.45) is 0. The number of H-pyrrole nitrogens is 1. The first-order chi connectivity index (χ1) is 14.4. The number of nitrogens with zero attached hydrogens (tertiary/aromatic N) is 1. The van der Waals surface area contributed by atoms with E-state index in [9.17, 15) is 18.0 Å². The van der Waals surface area contributed by atoms with E-state index in [4.69, 9.17) is 16.3 Å². The predicted molar refractivity (Wildman–Crippen MR) is 118 cm³/mol. The Bertz CT molecular complexity index is 1330. The third-order valence-electron chi connectivity index (χ3n) is 4.22. The van der Waals surface area contributed by atoms with Gasteiger partial charge in [-0.15, -0.1) is 0 Å². The SMILES string of the molecule is Cc1cccc2c(=O)[nH]c(COC(=O)c3ccc(Cl)c(S(=O)(=O)NC(C)(C)C)c3)nc12. The molecule has 2 aromatic carbocycles. The van der Waals surface area contributed by atoms with Crippen LogP contribution in [0.15, 0.2) is 46.1 Å². The fraction of sp³-hybridized carbons (Fsp3) is 0.286. The third kappa shape index (κ3) is 5.30. The normalized spacial score (nSPS) is 12.2. The van der Waals surface area contributed by atoms with Crippen molar-refractivity contribution in [1.82, 2.24) is 14.7 Å². The van der Waals surface area contributed by atoms with E-state index >= 15 is 0 Å². The Morgan fingerprint density at radius 2 is 1.94 bits per heavy atom. The molecule has 0 aliphatic rings. The van der Waals surface area contributed by atoms with E-state index in [0.29, 0.717) is 10.9 Å². The van der Waals surface area contributed by atoms with Crippen molar-refractivity contribution in [3.8, 4) is 0 Å². The zero-order valence-corrected chi connectivity index (χ0v) is 19.0. The van der Waals surface area contributed by atoms with Gasteiger partial charge in [-0.1, -0.05) is 23.7 Å². The number of esters is 1. The van der Waals surface area contributed by atoms with Crippen LogP contribution in [-0.2, 0) is 21.4 Å². The van der Waals surface area contributed by atoms with E-state index in [1.165, 1.54) is 12.1 Å². The number of hydrogen-bond acceptors (Lipinski definition) is 6. The van der Waals surface area contributed by atoms with Gasteiger partial charge in [0, 0.05) is 5.54 Å². The van der Waals surface area contributed by atoms with Crippen molar-refractivity contribution in [2.45, 2.75) is 44.7 Å². The smallest absolute Gasteiger partial charge is 0.338 e. The lowest BCUT2D eigenvalue weighted by Gasteiger charge is -2.21. The molecule has 0 aliphatic heterocycles. The van der Waals surface area contributed by atoms with Crippen molar-refractivity contribution in [1.29, 1.82) is 0 Å². The molecule has 1 heterocycles. The van der Waals surface area contributed by atoms with Crippen molar-refractivity contribution in [3.05, 3.63) is 68.7 Å². The highest BCUT2D eigenvalue weighted by molar-refractivity contribution is 7.89. The quantitative estimate of drug-likeness (QED) is 0.560. The number of halogens is 1. The highest BCUT2D eigenvalue weighted by Gasteiger charge is 2.25. The fourth-order valence-electron chi connectivity index (χ4n) is 2.93. The molecular weight excluding hydrogens is 442 g/mol. The second-order valence-electron chi connectivity index (χ2n) is 8.06. The molecule has 0 atom stereocenters. The predicted octanol–water partition coefficient (Wildman–Crippen LogP) is 3.32. The number of fused-ring (bicyclic) bond motifs is 1. The maximum Gasteiger partial charge on any atom is 0.338 e.